The Morgan fingerprint density at radius 2 is 2.14 bits per heavy atom. The summed E-state index contributed by atoms with van der Waals surface area (Å²) < 4.78 is 0.843. The van der Waals surface area contributed by atoms with Gasteiger partial charge in [-0.25, -0.2) is 0 Å². The molecule has 0 fully saturated rings. The Balaban J connectivity index is 2.26. The van der Waals surface area contributed by atoms with Crippen molar-refractivity contribution in [3.05, 3.63) is 28.1 Å². The highest BCUT2D eigenvalue weighted by atomic mass is 35.5. The molecule has 2 amide bonds. The second kappa shape index (κ2) is 6.32. The van der Waals surface area contributed by atoms with Crippen LogP contribution < -0.4 is 16.4 Å². The maximum atomic E-state index is 12.3. The quantitative estimate of drug-likeness (QED) is 0.807. The lowest BCUT2D eigenvalue weighted by atomic mass is 10.2. The predicted octanol–water partition coefficient (Wildman–Crippen LogP) is 2.39. The van der Waals surface area contributed by atoms with E-state index in [-0.39, 0.29) is 11.8 Å². The maximum absolute atomic E-state index is 12.3. The fraction of sp³-hybridized carbons (Fsp3) is 0.286. The van der Waals surface area contributed by atoms with E-state index in [9.17, 15) is 9.59 Å². The van der Waals surface area contributed by atoms with Gasteiger partial charge in [-0.05, 0) is 26.0 Å². The van der Waals surface area contributed by atoms with Gasteiger partial charge in [0.1, 0.15) is 10.9 Å². The van der Waals surface area contributed by atoms with Crippen LogP contribution in [0.25, 0.3) is 10.1 Å². The van der Waals surface area contributed by atoms with Gasteiger partial charge in [0.25, 0.3) is 5.91 Å². The van der Waals surface area contributed by atoms with Crippen molar-refractivity contribution in [3.8, 4) is 0 Å². The van der Waals surface area contributed by atoms with E-state index in [0.717, 1.165) is 4.70 Å². The number of hydrogen-bond acceptors (Lipinski definition) is 4. The first-order valence-corrected chi connectivity index (χ1v) is 7.70. The molecular weight excluding hydrogens is 310 g/mol. The molecule has 0 aliphatic carbocycles. The number of carbonyl (C=O) groups is 2. The van der Waals surface area contributed by atoms with E-state index in [2.05, 4.69) is 10.6 Å². The van der Waals surface area contributed by atoms with Crippen LogP contribution in [0.2, 0.25) is 5.02 Å². The molecule has 2 rings (SSSR count). The van der Waals surface area contributed by atoms with Gasteiger partial charge < -0.3 is 16.4 Å². The van der Waals surface area contributed by atoms with Gasteiger partial charge in [-0.1, -0.05) is 17.7 Å². The molecule has 7 heteroatoms. The summed E-state index contributed by atoms with van der Waals surface area (Å²) in [5.41, 5.74) is 6.36. The predicted molar refractivity (Wildman–Crippen MR) is 86.9 cm³/mol. The van der Waals surface area contributed by atoms with E-state index in [1.807, 2.05) is 13.0 Å². The number of thiophene rings is 1. The first kappa shape index (κ1) is 15.6. The minimum absolute atomic E-state index is 0.233. The van der Waals surface area contributed by atoms with Crippen LogP contribution in [0.3, 0.4) is 0 Å². The monoisotopic (exact) mass is 325 g/mol. The van der Waals surface area contributed by atoms with Gasteiger partial charge in [-0.15, -0.1) is 11.3 Å². The molecule has 1 unspecified atom stereocenters. The molecule has 112 valence electrons. The van der Waals surface area contributed by atoms with Gasteiger partial charge >= 0.3 is 0 Å². The third kappa shape index (κ3) is 3.11. The van der Waals surface area contributed by atoms with E-state index in [1.54, 1.807) is 19.1 Å². The smallest absolute Gasteiger partial charge is 0.264 e. The lowest BCUT2D eigenvalue weighted by Gasteiger charge is -2.12. The topological polar surface area (TPSA) is 84.2 Å². The SMILES string of the molecule is CCNC(=O)C(C)NC(=O)c1sc2cccc(Cl)c2c1N. The molecule has 1 aromatic carbocycles. The minimum atomic E-state index is -0.627. The highest BCUT2D eigenvalue weighted by Gasteiger charge is 2.21. The Labute approximate surface area is 131 Å². The molecule has 1 heterocycles. The van der Waals surface area contributed by atoms with Crippen molar-refractivity contribution in [3.63, 3.8) is 0 Å². The van der Waals surface area contributed by atoms with Gasteiger partial charge in [0.2, 0.25) is 5.91 Å². The number of benzene rings is 1. The fourth-order valence-corrected chi connectivity index (χ4v) is 3.34. The van der Waals surface area contributed by atoms with Crippen molar-refractivity contribution in [1.29, 1.82) is 0 Å². The molecule has 2 aromatic rings. The summed E-state index contributed by atoms with van der Waals surface area (Å²) in [6.45, 7) is 3.96. The number of hydrogen-bond donors (Lipinski definition) is 3. The van der Waals surface area contributed by atoms with E-state index in [4.69, 9.17) is 17.3 Å². The molecule has 0 aliphatic rings. The molecule has 1 aromatic heterocycles. The summed E-state index contributed by atoms with van der Waals surface area (Å²) in [5, 5.41) is 6.48. The molecule has 1 atom stereocenters. The number of halogens is 1. The van der Waals surface area contributed by atoms with Crippen molar-refractivity contribution < 1.29 is 9.59 Å². The first-order chi connectivity index (χ1) is 9.95. The highest BCUT2D eigenvalue weighted by molar-refractivity contribution is 7.21. The molecule has 0 saturated heterocycles. The third-order valence-corrected chi connectivity index (χ3v) is 4.48. The largest absolute Gasteiger partial charge is 0.397 e. The Morgan fingerprint density at radius 3 is 2.76 bits per heavy atom. The average Bonchev–Trinajstić information content (AvgIpc) is 2.77. The molecule has 5 nitrogen and oxygen atoms in total. The molecule has 0 saturated carbocycles. The van der Waals surface area contributed by atoms with E-state index < -0.39 is 6.04 Å². The Bertz CT molecular complexity index is 699. The minimum Gasteiger partial charge on any atom is -0.397 e. The van der Waals surface area contributed by atoms with Crippen molar-refractivity contribution in [2.24, 2.45) is 0 Å². The number of fused-ring (bicyclic) bond motifs is 1. The molecule has 0 radical (unpaired) electrons. The van der Waals surface area contributed by atoms with Gasteiger partial charge in [0.05, 0.1) is 10.7 Å². The van der Waals surface area contributed by atoms with E-state index in [0.29, 0.717) is 27.5 Å². The number of nitrogen functional groups attached to an aromatic ring is 1. The van der Waals surface area contributed by atoms with Crippen LogP contribution in [-0.2, 0) is 4.79 Å². The van der Waals surface area contributed by atoms with Crippen LogP contribution in [0.5, 0.6) is 0 Å². The van der Waals surface area contributed by atoms with Crippen molar-refractivity contribution in [2.75, 3.05) is 12.3 Å². The van der Waals surface area contributed by atoms with Gasteiger partial charge in [-0.3, -0.25) is 9.59 Å². The molecular formula is C14H16ClN3O2S. The van der Waals surface area contributed by atoms with E-state index >= 15 is 0 Å². The molecule has 0 spiro atoms. The molecule has 21 heavy (non-hydrogen) atoms. The first-order valence-electron chi connectivity index (χ1n) is 6.50. The molecule has 0 bridgehead atoms. The van der Waals surface area contributed by atoms with Gasteiger partial charge in [0, 0.05) is 16.6 Å². The molecule has 0 aliphatic heterocycles. The number of nitrogens with two attached hydrogens (primary N) is 1. The lowest BCUT2D eigenvalue weighted by molar-refractivity contribution is -0.122. The number of rotatable bonds is 4. The van der Waals surface area contributed by atoms with Crippen LogP contribution in [-0.4, -0.2) is 24.4 Å². The third-order valence-electron chi connectivity index (χ3n) is 3.00. The van der Waals surface area contributed by atoms with Crippen LogP contribution in [0, 0.1) is 0 Å². The highest BCUT2D eigenvalue weighted by Crippen LogP contribution is 2.37. The average molecular weight is 326 g/mol. The maximum Gasteiger partial charge on any atom is 0.264 e. The normalized spacial score (nSPS) is 12.1. The zero-order valence-electron chi connectivity index (χ0n) is 11.7. The summed E-state index contributed by atoms with van der Waals surface area (Å²) in [5.74, 6) is -0.605. The van der Waals surface area contributed by atoms with Crippen LogP contribution >= 0.6 is 22.9 Å². The molecule has 4 N–H and O–H groups in total. The number of nitrogens with one attached hydrogen (secondary N) is 2. The summed E-state index contributed by atoms with van der Waals surface area (Å²) >= 11 is 7.37. The van der Waals surface area contributed by atoms with Crippen molar-refractivity contribution in [1.82, 2.24) is 10.6 Å². The Hall–Kier alpha value is -1.79. The van der Waals surface area contributed by atoms with Gasteiger partial charge in [-0.2, -0.15) is 0 Å². The second-order valence-electron chi connectivity index (χ2n) is 4.55. The van der Waals surface area contributed by atoms with Crippen LogP contribution in [0.1, 0.15) is 23.5 Å². The Kier molecular flexibility index (Phi) is 4.69. The number of amides is 2. The zero-order chi connectivity index (χ0) is 15.6. The second-order valence-corrected chi connectivity index (χ2v) is 6.01. The van der Waals surface area contributed by atoms with Gasteiger partial charge in [0.15, 0.2) is 0 Å². The number of likely N-dealkylation sites (N-methyl/N-ethyl adjacent to an activating group) is 1. The lowest BCUT2D eigenvalue weighted by Crippen LogP contribution is -2.44. The Morgan fingerprint density at radius 1 is 1.43 bits per heavy atom. The summed E-state index contributed by atoms with van der Waals surface area (Å²) in [6.07, 6.45) is 0. The fourth-order valence-electron chi connectivity index (χ4n) is 1.95. The summed E-state index contributed by atoms with van der Waals surface area (Å²) in [6, 6.07) is 4.76. The number of carbonyl (C=O) groups excluding carboxylic acids is 2. The van der Waals surface area contributed by atoms with Crippen molar-refractivity contribution >= 4 is 50.5 Å². The summed E-state index contributed by atoms with van der Waals surface area (Å²) in [7, 11) is 0. The van der Waals surface area contributed by atoms with E-state index in [1.165, 1.54) is 11.3 Å². The van der Waals surface area contributed by atoms with Crippen molar-refractivity contribution in [2.45, 2.75) is 19.9 Å². The van der Waals surface area contributed by atoms with Crippen LogP contribution in [0.15, 0.2) is 18.2 Å². The van der Waals surface area contributed by atoms with Crippen LogP contribution in [0.4, 0.5) is 5.69 Å². The standard InChI is InChI=1S/C14H16ClN3O2S/c1-3-17-13(19)7(2)18-14(20)12-11(16)10-8(15)5-4-6-9(10)21-12/h4-7H,3,16H2,1-2H3,(H,17,19)(H,18,20). The summed E-state index contributed by atoms with van der Waals surface area (Å²) in [4.78, 5) is 24.3. The zero-order valence-corrected chi connectivity index (χ0v) is 13.3. The number of anilines is 1.